The largest absolute Gasteiger partial charge is 0.342 e. The number of aryl methyl sites for hydroxylation is 1. The van der Waals surface area contributed by atoms with Crippen LogP contribution in [0.25, 0.3) is 0 Å². The molecule has 1 aromatic rings. The highest BCUT2D eigenvalue weighted by molar-refractivity contribution is 5.78. The van der Waals surface area contributed by atoms with Crippen LogP contribution in [-0.2, 0) is 16.1 Å². The molecule has 3 heterocycles. The maximum atomic E-state index is 12.9. The summed E-state index contributed by atoms with van der Waals surface area (Å²) >= 11 is 0. The summed E-state index contributed by atoms with van der Waals surface area (Å²) in [5.74, 6) is 1.12. The molecule has 0 N–H and O–H groups in total. The van der Waals surface area contributed by atoms with Crippen LogP contribution in [0.3, 0.4) is 0 Å². The second-order valence-corrected chi connectivity index (χ2v) is 9.04. The molecule has 1 saturated carbocycles. The van der Waals surface area contributed by atoms with Gasteiger partial charge in [-0.3, -0.25) is 14.4 Å². The Bertz CT molecular complexity index is 813. The van der Waals surface area contributed by atoms with Gasteiger partial charge in [0.25, 0.3) is 5.56 Å². The third kappa shape index (κ3) is 4.15. The molecule has 4 rings (SSSR count). The molecule has 2 aliphatic heterocycles. The predicted molar refractivity (Wildman–Crippen MR) is 107 cm³/mol. The Morgan fingerprint density at radius 1 is 1.18 bits per heavy atom. The van der Waals surface area contributed by atoms with E-state index in [0.29, 0.717) is 31.2 Å². The zero-order valence-corrected chi connectivity index (χ0v) is 16.9. The van der Waals surface area contributed by atoms with E-state index < -0.39 is 0 Å². The van der Waals surface area contributed by atoms with Crippen LogP contribution in [0.15, 0.2) is 23.0 Å². The minimum absolute atomic E-state index is 0.0515. The second kappa shape index (κ2) is 7.72. The van der Waals surface area contributed by atoms with Gasteiger partial charge < -0.3 is 14.4 Å². The highest BCUT2D eigenvalue weighted by Gasteiger charge is 2.43. The number of piperidine rings is 2. The summed E-state index contributed by atoms with van der Waals surface area (Å²) in [6, 6.07) is 5.19. The molecule has 0 unspecified atom stereocenters. The van der Waals surface area contributed by atoms with Gasteiger partial charge >= 0.3 is 0 Å². The molecule has 1 aromatic heterocycles. The smallest absolute Gasteiger partial charge is 0.250 e. The van der Waals surface area contributed by atoms with E-state index in [2.05, 4.69) is 4.90 Å². The minimum Gasteiger partial charge on any atom is -0.342 e. The number of carbonyl (C=O) groups is 2. The van der Waals surface area contributed by atoms with E-state index in [1.54, 1.807) is 16.7 Å². The molecule has 152 valence electrons. The van der Waals surface area contributed by atoms with Crippen LogP contribution in [0.1, 0.15) is 50.6 Å². The number of hydrogen-bond acceptors (Lipinski definition) is 3. The van der Waals surface area contributed by atoms with Gasteiger partial charge in [-0.1, -0.05) is 6.07 Å². The molecule has 1 spiro atoms. The molecule has 3 aliphatic rings. The monoisotopic (exact) mass is 385 g/mol. The van der Waals surface area contributed by atoms with Crippen molar-refractivity contribution >= 4 is 11.8 Å². The third-order valence-corrected chi connectivity index (χ3v) is 6.76. The highest BCUT2D eigenvalue weighted by atomic mass is 16.2. The lowest BCUT2D eigenvalue weighted by atomic mass is 9.73. The van der Waals surface area contributed by atoms with E-state index >= 15 is 0 Å². The summed E-state index contributed by atoms with van der Waals surface area (Å²) < 4.78 is 1.67. The van der Waals surface area contributed by atoms with E-state index in [-0.39, 0.29) is 16.9 Å². The minimum atomic E-state index is -0.0515. The van der Waals surface area contributed by atoms with Crippen LogP contribution in [0.2, 0.25) is 0 Å². The van der Waals surface area contributed by atoms with Crippen LogP contribution in [0, 0.1) is 18.3 Å². The molecule has 2 amide bonds. The normalized spacial score (nSPS) is 25.4. The van der Waals surface area contributed by atoms with Crippen LogP contribution < -0.4 is 5.56 Å². The fourth-order valence-electron chi connectivity index (χ4n) is 4.91. The number of amides is 2. The van der Waals surface area contributed by atoms with Crippen LogP contribution in [-0.4, -0.2) is 52.4 Å². The molecule has 1 atom stereocenters. The summed E-state index contributed by atoms with van der Waals surface area (Å²) in [5.41, 5.74) is 0.900. The fourth-order valence-corrected chi connectivity index (χ4v) is 4.91. The Morgan fingerprint density at radius 2 is 2.00 bits per heavy atom. The first-order chi connectivity index (χ1) is 13.5. The maximum absolute atomic E-state index is 12.9. The van der Waals surface area contributed by atoms with E-state index in [1.807, 2.05) is 17.9 Å². The number of nitrogens with zero attached hydrogens (tertiary/aromatic N) is 3. The first-order valence-corrected chi connectivity index (χ1v) is 10.7. The number of rotatable bonds is 5. The fraction of sp³-hybridized carbons (Fsp3) is 0.682. The Kier molecular flexibility index (Phi) is 5.30. The zero-order valence-electron chi connectivity index (χ0n) is 16.9. The lowest BCUT2D eigenvalue weighted by Gasteiger charge is -2.48. The summed E-state index contributed by atoms with van der Waals surface area (Å²) in [6.07, 6.45) is 6.47. The van der Waals surface area contributed by atoms with Crippen molar-refractivity contribution in [3.05, 3.63) is 34.2 Å². The summed E-state index contributed by atoms with van der Waals surface area (Å²) in [4.78, 5) is 41.3. The Labute approximate surface area is 166 Å². The highest BCUT2D eigenvalue weighted by Crippen LogP contribution is 2.40. The van der Waals surface area contributed by atoms with Gasteiger partial charge in [-0.15, -0.1) is 0 Å². The van der Waals surface area contributed by atoms with Crippen LogP contribution >= 0.6 is 0 Å². The molecule has 0 aromatic carbocycles. The van der Waals surface area contributed by atoms with E-state index in [9.17, 15) is 14.4 Å². The molecule has 0 radical (unpaired) electrons. The Hall–Kier alpha value is -2.11. The molecule has 6 heteroatoms. The molecular formula is C22H31N3O3. The van der Waals surface area contributed by atoms with Crippen molar-refractivity contribution in [2.45, 2.75) is 58.4 Å². The zero-order chi connectivity index (χ0) is 19.7. The lowest BCUT2D eigenvalue weighted by Crippen LogP contribution is -2.55. The van der Waals surface area contributed by atoms with Crippen molar-refractivity contribution in [1.82, 2.24) is 14.4 Å². The van der Waals surface area contributed by atoms with E-state index in [0.717, 1.165) is 51.1 Å². The van der Waals surface area contributed by atoms with Crippen LogP contribution in [0.5, 0.6) is 0 Å². The van der Waals surface area contributed by atoms with Gasteiger partial charge in [0.05, 0.1) is 0 Å². The van der Waals surface area contributed by atoms with Crippen molar-refractivity contribution < 1.29 is 9.59 Å². The van der Waals surface area contributed by atoms with Crippen molar-refractivity contribution in [2.24, 2.45) is 11.3 Å². The lowest BCUT2D eigenvalue weighted by molar-refractivity contribution is -0.143. The van der Waals surface area contributed by atoms with Gasteiger partial charge in [0.1, 0.15) is 0 Å². The van der Waals surface area contributed by atoms with Gasteiger partial charge in [0, 0.05) is 62.7 Å². The molecule has 28 heavy (non-hydrogen) atoms. The van der Waals surface area contributed by atoms with Crippen molar-refractivity contribution in [3.8, 4) is 0 Å². The Morgan fingerprint density at radius 3 is 2.75 bits per heavy atom. The number of aromatic nitrogens is 1. The summed E-state index contributed by atoms with van der Waals surface area (Å²) in [6.45, 7) is 5.59. The molecule has 3 fully saturated rings. The number of pyridine rings is 1. The molecule has 1 aliphatic carbocycles. The quantitative estimate of drug-likeness (QED) is 0.781. The van der Waals surface area contributed by atoms with Gasteiger partial charge in [0.2, 0.25) is 11.8 Å². The van der Waals surface area contributed by atoms with Crippen molar-refractivity contribution in [1.29, 1.82) is 0 Å². The SMILES string of the molecule is Cc1cccc(=O)n1CCC(=O)N1CCC[C@@]2(CCC(=O)N(CC3CC3)C2)C1. The van der Waals surface area contributed by atoms with Crippen molar-refractivity contribution in [3.63, 3.8) is 0 Å². The van der Waals surface area contributed by atoms with E-state index in [1.165, 1.54) is 12.8 Å². The molecular weight excluding hydrogens is 354 g/mol. The number of likely N-dealkylation sites (tertiary alicyclic amines) is 2. The van der Waals surface area contributed by atoms with Gasteiger partial charge in [-0.2, -0.15) is 0 Å². The van der Waals surface area contributed by atoms with Crippen molar-refractivity contribution in [2.75, 3.05) is 26.2 Å². The average molecular weight is 386 g/mol. The first-order valence-electron chi connectivity index (χ1n) is 10.7. The number of hydrogen-bond donors (Lipinski definition) is 0. The average Bonchev–Trinajstić information content (AvgIpc) is 3.49. The molecule has 6 nitrogen and oxygen atoms in total. The maximum Gasteiger partial charge on any atom is 0.250 e. The van der Waals surface area contributed by atoms with Gasteiger partial charge in [-0.25, -0.2) is 0 Å². The van der Waals surface area contributed by atoms with E-state index in [4.69, 9.17) is 0 Å². The summed E-state index contributed by atoms with van der Waals surface area (Å²) in [5, 5.41) is 0. The predicted octanol–water partition coefficient (Wildman–Crippen LogP) is 2.19. The molecule has 0 bridgehead atoms. The summed E-state index contributed by atoms with van der Waals surface area (Å²) in [7, 11) is 0. The second-order valence-electron chi connectivity index (χ2n) is 9.04. The standard InChI is InChI=1S/C22H31N3O3/c1-17-4-2-5-21(28)25(17)13-9-20(27)23-12-3-10-22(15-23)11-8-19(26)24(16-22)14-18-6-7-18/h2,4-5,18H,3,6-16H2,1H3/t22-/m1/s1. The number of carbonyl (C=O) groups excluding carboxylic acids is 2. The van der Waals surface area contributed by atoms with Gasteiger partial charge in [-0.05, 0) is 51.0 Å². The van der Waals surface area contributed by atoms with Gasteiger partial charge in [0.15, 0.2) is 0 Å². The topological polar surface area (TPSA) is 62.6 Å². The molecule has 2 saturated heterocycles. The first kappa shape index (κ1) is 19.2. The Balaban J connectivity index is 1.38. The van der Waals surface area contributed by atoms with Crippen LogP contribution in [0.4, 0.5) is 0 Å². The third-order valence-electron chi connectivity index (χ3n) is 6.76.